The molecule has 0 bridgehead atoms. The number of benzene rings is 12. The number of carbonyl (C=O) groups is 4. The Morgan fingerprint density at radius 3 is 1.00 bits per heavy atom. The maximum absolute atomic E-state index is 12.9. The SMILES string of the molecule is O=C(NCc1cccc(Cl)c1Cl)c1cccc(-c2ccnc(Nc3ccccc3)n2)c1.O=C(NCc1cccc2ccccc12)c1cccc(-c2ccnc(Nc3ccccc3)n2)c1.O=C(NCc1ccccc1)c1cccc(-c2ccnc(Nc3ccccc3)n2)c1.O=C(NCc1cccs1)c1cccc(-c2ccnc(Nc3ccccc3)n2)c1. The number of fused-ring (bicyclic) bond motifs is 1. The van der Waals surface area contributed by atoms with Crippen molar-refractivity contribution in [3.05, 3.63) is 430 Å². The Labute approximate surface area is 713 Å². The second kappa shape index (κ2) is 41.9. The number of para-hydroxylation sites is 4. The molecule has 17 aromatic rings. The molecule has 121 heavy (non-hydrogen) atoms. The van der Waals surface area contributed by atoms with E-state index in [0.29, 0.717) is 81.4 Å². The van der Waals surface area contributed by atoms with Crippen molar-refractivity contribution in [1.82, 2.24) is 61.1 Å². The Morgan fingerprint density at radius 1 is 0.289 bits per heavy atom. The summed E-state index contributed by atoms with van der Waals surface area (Å²) in [5, 5.41) is 29.8. The van der Waals surface area contributed by atoms with Gasteiger partial charge in [0.2, 0.25) is 23.8 Å². The number of halogens is 2. The van der Waals surface area contributed by atoms with Gasteiger partial charge in [-0.2, -0.15) is 0 Å². The quantitative estimate of drug-likeness (QED) is 0.0279. The molecule has 23 heteroatoms. The molecule has 0 aliphatic rings. The van der Waals surface area contributed by atoms with E-state index in [1.807, 2.05) is 290 Å². The summed E-state index contributed by atoms with van der Waals surface area (Å²) in [6.07, 6.45) is 6.80. The fourth-order valence-electron chi connectivity index (χ4n) is 12.4. The number of nitrogens with one attached hydrogen (secondary N) is 8. The monoisotopic (exact) mass is 1640 g/mol. The van der Waals surface area contributed by atoms with E-state index >= 15 is 0 Å². The molecule has 594 valence electrons. The Hall–Kier alpha value is -15.4. The van der Waals surface area contributed by atoms with Crippen LogP contribution < -0.4 is 42.5 Å². The van der Waals surface area contributed by atoms with Gasteiger partial charge < -0.3 is 42.5 Å². The van der Waals surface area contributed by atoms with Crippen molar-refractivity contribution < 1.29 is 19.2 Å². The molecular weight excluding hydrogens is 1570 g/mol. The molecule has 0 unspecified atom stereocenters. The molecule has 8 N–H and O–H groups in total. The van der Waals surface area contributed by atoms with Crippen LogP contribution in [0.2, 0.25) is 10.0 Å². The van der Waals surface area contributed by atoms with Crippen LogP contribution >= 0.6 is 34.5 Å². The first kappa shape index (κ1) is 82.1. The lowest BCUT2D eigenvalue weighted by molar-refractivity contribution is 0.0943. The Bertz CT molecular complexity index is 6320. The number of aromatic nitrogens is 8. The minimum absolute atomic E-state index is 0.105. The second-order valence-electron chi connectivity index (χ2n) is 27.0. The lowest BCUT2D eigenvalue weighted by Gasteiger charge is -2.10. The van der Waals surface area contributed by atoms with E-state index in [-0.39, 0.29) is 30.2 Å². The number of hydrogen-bond acceptors (Lipinski definition) is 17. The molecule has 0 aliphatic carbocycles. The summed E-state index contributed by atoms with van der Waals surface area (Å²) < 4.78 is 0. The highest BCUT2D eigenvalue weighted by atomic mass is 35.5. The highest BCUT2D eigenvalue weighted by Gasteiger charge is 2.16. The number of rotatable bonds is 24. The van der Waals surface area contributed by atoms with Crippen molar-refractivity contribution in [2.75, 3.05) is 21.3 Å². The minimum atomic E-state index is -0.213. The van der Waals surface area contributed by atoms with E-state index in [2.05, 4.69) is 101 Å². The molecular formula is C98H78Cl2N16O4S. The van der Waals surface area contributed by atoms with E-state index < -0.39 is 0 Å². The first-order chi connectivity index (χ1) is 59.4. The molecule has 0 aliphatic heterocycles. The van der Waals surface area contributed by atoms with E-state index in [9.17, 15) is 19.2 Å². The van der Waals surface area contributed by atoms with Crippen LogP contribution in [0.5, 0.6) is 0 Å². The molecule has 0 radical (unpaired) electrons. The fourth-order valence-corrected chi connectivity index (χ4v) is 13.5. The Balaban J connectivity index is 0.000000132. The molecule has 12 aromatic carbocycles. The van der Waals surface area contributed by atoms with Crippen molar-refractivity contribution in [3.8, 4) is 45.0 Å². The third kappa shape index (κ3) is 23.9. The average molecular weight is 1650 g/mol. The maximum Gasteiger partial charge on any atom is 0.251 e. The van der Waals surface area contributed by atoms with Crippen molar-refractivity contribution >= 4 is 115 Å². The zero-order valence-electron chi connectivity index (χ0n) is 65.0. The molecule has 0 saturated carbocycles. The highest BCUT2D eigenvalue weighted by molar-refractivity contribution is 7.09. The first-order valence-electron chi connectivity index (χ1n) is 38.5. The van der Waals surface area contributed by atoms with Crippen LogP contribution in [0.1, 0.15) is 63.0 Å². The van der Waals surface area contributed by atoms with Gasteiger partial charge in [-0.1, -0.05) is 236 Å². The Morgan fingerprint density at radius 2 is 0.612 bits per heavy atom. The van der Waals surface area contributed by atoms with Gasteiger partial charge in [-0.05, 0) is 166 Å². The molecule has 0 fully saturated rings. The van der Waals surface area contributed by atoms with Gasteiger partial charge in [0.25, 0.3) is 23.6 Å². The van der Waals surface area contributed by atoms with Gasteiger partial charge in [-0.3, -0.25) is 19.2 Å². The predicted octanol–water partition coefficient (Wildman–Crippen LogP) is 21.8. The molecule has 5 heterocycles. The summed E-state index contributed by atoms with van der Waals surface area (Å²) in [7, 11) is 0. The number of hydrogen-bond donors (Lipinski definition) is 8. The smallest absolute Gasteiger partial charge is 0.251 e. The van der Waals surface area contributed by atoms with Crippen molar-refractivity contribution in [2.24, 2.45) is 0 Å². The minimum Gasteiger partial charge on any atom is -0.348 e. The molecule has 5 aromatic heterocycles. The molecule has 4 amide bonds. The molecule has 0 atom stereocenters. The van der Waals surface area contributed by atoms with Crippen molar-refractivity contribution in [3.63, 3.8) is 0 Å². The van der Waals surface area contributed by atoms with E-state index in [1.165, 1.54) is 0 Å². The van der Waals surface area contributed by atoms with Gasteiger partial charge in [-0.15, -0.1) is 11.3 Å². The standard InChI is InChI=1S/C28H22N4O.C24H18Cl2N4O.C24H20N4O.C22H18N4OS/c33-27(30-19-23-12-6-9-20-8-4-5-15-25(20)23)22-11-7-10-21(18-22)26-16-17-29-28(32-26)31-24-13-2-1-3-14-24;25-20-11-5-8-18(22(20)26)15-28-23(31)17-7-4-6-16(14-17)21-12-13-27-24(30-21)29-19-9-2-1-3-10-19;29-23(26-17-18-8-3-1-4-9-18)20-11-7-10-19(16-20)22-14-15-25-24(28-22)27-21-12-5-2-6-13-21;27-21(24-15-19-10-5-13-28-19)17-7-4-6-16(14-17)20-11-12-23-22(26-20)25-18-8-2-1-3-9-18/h1-18H,19H2,(H,30,33)(H,29,31,32);1-14H,15H2,(H,28,31)(H,27,29,30);1-16H,17H2,(H,26,29)(H,25,27,28);1-14H,15H2,(H,24,27)(H,23,25,26). The average Bonchev–Trinajstić information content (AvgIpc) is 1.34. The lowest BCUT2D eigenvalue weighted by atomic mass is 10.0. The molecule has 17 rings (SSSR count). The number of thiophene rings is 1. The maximum atomic E-state index is 12.9. The van der Waals surface area contributed by atoms with Crippen LogP contribution in [0.15, 0.2) is 376 Å². The largest absolute Gasteiger partial charge is 0.348 e. The summed E-state index contributed by atoms with van der Waals surface area (Å²) in [4.78, 5) is 87.2. The summed E-state index contributed by atoms with van der Waals surface area (Å²) in [5.74, 6) is 1.44. The van der Waals surface area contributed by atoms with Crippen LogP contribution in [0, 0.1) is 0 Å². The zero-order valence-corrected chi connectivity index (χ0v) is 67.3. The summed E-state index contributed by atoms with van der Waals surface area (Å²) >= 11 is 13.9. The third-order valence-electron chi connectivity index (χ3n) is 18.5. The highest BCUT2D eigenvalue weighted by Crippen LogP contribution is 2.29. The third-order valence-corrected chi connectivity index (χ3v) is 20.2. The molecule has 0 saturated heterocycles. The van der Waals surface area contributed by atoms with Crippen molar-refractivity contribution in [2.45, 2.75) is 26.2 Å². The predicted molar refractivity (Wildman–Crippen MR) is 485 cm³/mol. The van der Waals surface area contributed by atoms with Crippen LogP contribution in [-0.4, -0.2) is 63.5 Å². The first-order valence-corrected chi connectivity index (χ1v) is 40.2. The Kier molecular flexibility index (Phi) is 28.5. The van der Waals surface area contributed by atoms with Gasteiger partial charge in [0.15, 0.2) is 0 Å². The van der Waals surface area contributed by atoms with Crippen molar-refractivity contribution in [1.29, 1.82) is 0 Å². The fraction of sp³-hybridized carbons (Fsp3) is 0.0408. The second-order valence-corrected chi connectivity index (χ2v) is 28.8. The van der Waals surface area contributed by atoms with E-state index in [4.69, 9.17) is 23.2 Å². The topological polar surface area (TPSA) is 268 Å². The van der Waals surface area contributed by atoms with Gasteiger partial charge >= 0.3 is 0 Å². The molecule has 20 nitrogen and oxygen atoms in total. The summed E-state index contributed by atoms with van der Waals surface area (Å²) in [6.45, 7) is 1.76. The van der Waals surface area contributed by atoms with Crippen LogP contribution in [-0.2, 0) is 26.2 Å². The number of nitrogens with zero attached hydrogens (tertiary/aromatic N) is 8. The van der Waals surface area contributed by atoms with Gasteiger partial charge in [-0.25, -0.2) is 39.9 Å². The lowest BCUT2D eigenvalue weighted by Crippen LogP contribution is -2.23. The number of anilines is 8. The van der Waals surface area contributed by atoms with Gasteiger partial charge in [0, 0.05) is 117 Å². The zero-order chi connectivity index (χ0) is 83.2. The molecule has 0 spiro atoms. The normalized spacial score (nSPS) is 10.5. The van der Waals surface area contributed by atoms with Gasteiger partial charge in [0.05, 0.1) is 39.4 Å². The summed E-state index contributed by atoms with van der Waals surface area (Å²) in [5.41, 5.74) is 15.2. The van der Waals surface area contributed by atoms with Crippen LogP contribution in [0.3, 0.4) is 0 Å². The van der Waals surface area contributed by atoms with Crippen LogP contribution in [0.25, 0.3) is 55.8 Å². The summed E-state index contributed by atoms with van der Waals surface area (Å²) in [6, 6.07) is 109. The number of carbonyl (C=O) groups excluding carboxylic acids is 4. The van der Waals surface area contributed by atoms with Crippen LogP contribution in [0.4, 0.5) is 46.5 Å². The van der Waals surface area contributed by atoms with Gasteiger partial charge in [0.1, 0.15) is 0 Å². The van der Waals surface area contributed by atoms with E-state index in [0.717, 1.165) is 94.4 Å². The number of amides is 4. The van der Waals surface area contributed by atoms with E-state index in [1.54, 1.807) is 78.6 Å².